The molecule has 0 spiro atoms. The zero-order valence-electron chi connectivity index (χ0n) is 23.1. The topological polar surface area (TPSA) is 127 Å². The number of azide groups is 1. The monoisotopic (exact) mass is 503 g/mol. The SMILES string of the molecule is CC(C)CCC[C@@H](C)[C@H]1CC[C@H]2[C@@H]3CCC4CC(O)(CC(=O)O)C(O)C(N=[N+]=[N-])[C@]4(C)[C@H]3CC[C@]12C. The average molecular weight is 504 g/mol. The molecule has 0 amide bonds. The van der Waals surface area contributed by atoms with Gasteiger partial charge in [0.2, 0.25) is 0 Å². The molecular formula is C29H49N3O4. The summed E-state index contributed by atoms with van der Waals surface area (Å²) in [6, 6.07) is -0.810. The maximum atomic E-state index is 11.5. The third-order valence-corrected chi connectivity index (χ3v) is 11.9. The van der Waals surface area contributed by atoms with Crippen LogP contribution in [0.3, 0.4) is 0 Å². The van der Waals surface area contributed by atoms with Crippen LogP contribution < -0.4 is 0 Å². The first-order valence-corrected chi connectivity index (χ1v) is 14.5. The van der Waals surface area contributed by atoms with E-state index in [1.807, 2.05) is 0 Å². The number of aliphatic carboxylic acids is 1. The average Bonchev–Trinajstić information content (AvgIpc) is 3.14. The van der Waals surface area contributed by atoms with E-state index in [9.17, 15) is 25.6 Å². The molecule has 4 aliphatic rings. The Morgan fingerprint density at radius 2 is 1.81 bits per heavy atom. The Morgan fingerprint density at radius 1 is 1.08 bits per heavy atom. The molecule has 0 aromatic rings. The molecule has 0 saturated heterocycles. The Kier molecular flexibility index (Phi) is 7.79. The van der Waals surface area contributed by atoms with E-state index in [1.54, 1.807) is 0 Å². The van der Waals surface area contributed by atoms with Crippen LogP contribution in [0.2, 0.25) is 0 Å². The number of aliphatic hydroxyl groups excluding tert-OH is 1. The molecule has 0 bridgehead atoms. The predicted octanol–water partition coefficient (Wildman–Crippen LogP) is 6.57. The van der Waals surface area contributed by atoms with Crippen molar-refractivity contribution in [1.82, 2.24) is 0 Å². The molecule has 4 fully saturated rings. The van der Waals surface area contributed by atoms with Crippen LogP contribution in [0.5, 0.6) is 0 Å². The molecule has 4 rings (SSSR count). The molecular weight excluding hydrogens is 454 g/mol. The Labute approximate surface area is 217 Å². The number of hydrogen-bond acceptors (Lipinski definition) is 4. The summed E-state index contributed by atoms with van der Waals surface area (Å²) >= 11 is 0. The van der Waals surface area contributed by atoms with E-state index < -0.39 is 35.6 Å². The third kappa shape index (κ3) is 4.47. The lowest BCUT2D eigenvalue weighted by Gasteiger charge is -2.65. The first-order valence-electron chi connectivity index (χ1n) is 14.5. The number of rotatable bonds is 8. The van der Waals surface area contributed by atoms with Gasteiger partial charge >= 0.3 is 5.97 Å². The van der Waals surface area contributed by atoms with Crippen molar-refractivity contribution in [3.8, 4) is 0 Å². The fourth-order valence-corrected chi connectivity index (χ4v) is 10.1. The number of carboxylic acid groups (broad SMARTS) is 1. The van der Waals surface area contributed by atoms with Gasteiger partial charge < -0.3 is 15.3 Å². The van der Waals surface area contributed by atoms with Gasteiger partial charge in [-0.15, -0.1) is 0 Å². The molecule has 11 atom stereocenters. The van der Waals surface area contributed by atoms with Crippen LogP contribution in [-0.4, -0.2) is 39.0 Å². The van der Waals surface area contributed by atoms with Gasteiger partial charge in [-0.2, -0.15) is 0 Å². The van der Waals surface area contributed by atoms with Crippen molar-refractivity contribution in [2.24, 2.45) is 57.4 Å². The summed E-state index contributed by atoms with van der Waals surface area (Å²) < 4.78 is 0. The summed E-state index contributed by atoms with van der Waals surface area (Å²) in [4.78, 5) is 14.6. The van der Waals surface area contributed by atoms with Crippen LogP contribution >= 0.6 is 0 Å². The van der Waals surface area contributed by atoms with E-state index in [2.05, 4.69) is 44.6 Å². The van der Waals surface area contributed by atoms with Crippen molar-refractivity contribution in [3.63, 3.8) is 0 Å². The van der Waals surface area contributed by atoms with Crippen LogP contribution in [0, 0.1) is 52.3 Å². The van der Waals surface area contributed by atoms with Gasteiger partial charge in [0.05, 0.1) is 18.6 Å². The molecule has 4 aliphatic carbocycles. The van der Waals surface area contributed by atoms with Gasteiger partial charge in [0.1, 0.15) is 5.60 Å². The number of carbonyl (C=O) groups is 1. The largest absolute Gasteiger partial charge is 0.481 e. The number of fused-ring (bicyclic) bond motifs is 5. The maximum absolute atomic E-state index is 11.5. The van der Waals surface area contributed by atoms with Gasteiger partial charge in [0.15, 0.2) is 0 Å². The number of hydrogen-bond donors (Lipinski definition) is 3. The van der Waals surface area contributed by atoms with E-state index in [1.165, 1.54) is 38.5 Å². The molecule has 7 nitrogen and oxygen atoms in total. The molecule has 0 radical (unpaired) electrons. The second kappa shape index (κ2) is 10.1. The molecule has 7 heteroatoms. The van der Waals surface area contributed by atoms with Crippen LogP contribution in [0.15, 0.2) is 5.11 Å². The van der Waals surface area contributed by atoms with Crippen molar-refractivity contribution in [3.05, 3.63) is 10.4 Å². The van der Waals surface area contributed by atoms with Crippen LogP contribution in [-0.2, 0) is 4.79 Å². The minimum atomic E-state index is -1.76. The summed E-state index contributed by atoms with van der Waals surface area (Å²) in [5.41, 5.74) is 7.59. The van der Waals surface area contributed by atoms with Gasteiger partial charge in [-0.05, 0) is 103 Å². The minimum Gasteiger partial charge on any atom is -0.481 e. The van der Waals surface area contributed by atoms with Crippen LogP contribution in [0.1, 0.15) is 105 Å². The van der Waals surface area contributed by atoms with Crippen molar-refractivity contribution < 1.29 is 20.1 Å². The number of carboxylic acids is 1. The number of aliphatic hydroxyl groups is 2. The first kappa shape index (κ1) is 27.7. The lowest BCUT2D eigenvalue weighted by atomic mass is 9.42. The Balaban J connectivity index is 1.58. The molecule has 3 N–H and O–H groups in total. The minimum absolute atomic E-state index is 0.0403. The Morgan fingerprint density at radius 3 is 2.44 bits per heavy atom. The van der Waals surface area contributed by atoms with Crippen molar-refractivity contribution in [1.29, 1.82) is 0 Å². The van der Waals surface area contributed by atoms with E-state index in [0.717, 1.165) is 37.0 Å². The fourth-order valence-electron chi connectivity index (χ4n) is 10.1. The van der Waals surface area contributed by atoms with Gasteiger partial charge in [-0.1, -0.05) is 59.0 Å². The fraction of sp³-hybridized carbons (Fsp3) is 0.966. The van der Waals surface area contributed by atoms with E-state index in [-0.39, 0.29) is 12.3 Å². The lowest BCUT2D eigenvalue weighted by molar-refractivity contribution is -0.212. The standard InChI is InChI=1S/C29H49N3O4/c1-17(2)7-6-8-18(3)21-11-12-22-20-10-9-19-15-29(36,16-24(33)34)26(35)25(31-32-30)28(19,5)23(20)13-14-27(21,22)4/h17-23,25-26,35-36H,6-16H2,1-5H3,(H,33,34)/t18-,19?,20+,21-,22+,23+,25?,26?,27-,28+,29?/m1/s1. The molecule has 204 valence electrons. The molecule has 0 aromatic heterocycles. The Hall–Kier alpha value is -1.30. The molecule has 36 heavy (non-hydrogen) atoms. The summed E-state index contributed by atoms with van der Waals surface area (Å²) in [5.74, 6) is 2.66. The smallest absolute Gasteiger partial charge is 0.306 e. The molecule has 0 aliphatic heterocycles. The zero-order chi connectivity index (χ0) is 26.5. The van der Waals surface area contributed by atoms with Gasteiger partial charge in [0, 0.05) is 4.91 Å². The zero-order valence-corrected chi connectivity index (χ0v) is 23.1. The molecule has 4 unspecified atom stereocenters. The highest BCUT2D eigenvalue weighted by molar-refractivity contribution is 5.68. The number of nitrogens with zero attached hydrogens (tertiary/aromatic N) is 3. The molecule has 4 saturated carbocycles. The Bertz CT molecular complexity index is 875. The van der Waals surface area contributed by atoms with Gasteiger partial charge in [-0.3, -0.25) is 4.79 Å². The highest BCUT2D eigenvalue weighted by Gasteiger charge is 2.66. The van der Waals surface area contributed by atoms with Crippen molar-refractivity contribution >= 4 is 5.97 Å². The summed E-state index contributed by atoms with van der Waals surface area (Å²) in [6.07, 6.45) is 9.06. The van der Waals surface area contributed by atoms with E-state index >= 15 is 0 Å². The van der Waals surface area contributed by atoms with Gasteiger partial charge in [-0.25, -0.2) is 0 Å². The van der Waals surface area contributed by atoms with E-state index in [4.69, 9.17) is 0 Å². The molecule has 0 heterocycles. The van der Waals surface area contributed by atoms with Crippen molar-refractivity contribution in [2.45, 2.75) is 123 Å². The van der Waals surface area contributed by atoms with Crippen LogP contribution in [0.25, 0.3) is 10.4 Å². The highest BCUT2D eigenvalue weighted by Crippen LogP contribution is 2.69. The third-order valence-electron chi connectivity index (χ3n) is 11.9. The maximum Gasteiger partial charge on any atom is 0.306 e. The normalized spacial score (nSPS) is 46.8. The van der Waals surface area contributed by atoms with E-state index in [0.29, 0.717) is 23.2 Å². The quantitative estimate of drug-likeness (QED) is 0.196. The highest BCUT2D eigenvalue weighted by atomic mass is 16.4. The van der Waals surface area contributed by atoms with Gasteiger partial charge in [0.25, 0.3) is 0 Å². The summed E-state index contributed by atoms with van der Waals surface area (Å²) in [5, 5.41) is 36.0. The summed E-state index contributed by atoms with van der Waals surface area (Å²) in [6.45, 7) is 11.8. The second-order valence-corrected chi connectivity index (χ2v) is 14.0. The summed E-state index contributed by atoms with van der Waals surface area (Å²) in [7, 11) is 0. The lowest BCUT2D eigenvalue weighted by Crippen LogP contribution is -2.67. The molecule has 0 aromatic carbocycles. The predicted molar refractivity (Wildman–Crippen MR) is 140 cm³/mol. The van der Waals surface area contributed by atoms with Crippen molar-refractivity contribution in [2.75, 3.05) is 0 Å². The first-order chi connectivity index (χ1) is 16.9. The van der Waals surface area contributed by atoms with Crippen LogP contribution in [0.4, 0.5) is 0 Å². The second-order valence-electron chi connectivity index (χ2n) is 14.0.